The van der Waals surface area contributed by atoms with Gasteiger partial charge in [0.1, 0.15) is 0 Å². The third-order valence-corrected chi connectivity index (χ3v) is 3.46. The molecule has 3 heteroatoms. The zero-order valence-corrected chi connectivity index (χ0v) is 6.91. The van der Waals surface area contributed by atoms with Crippen molar-refractivity contribution in [3.63, 3.8) is 0 Å². The van der Waals surface area contributed by atoms with Crippen LogP contribution in [0.2, 0.25) is 0 Å². The third kappa shape index (κ3) is 1.40. The topological polar surface area (TPSA) is 9.23 Å². The largest absolute Gasteiger partial charge is 0.379 e. The Kier molecular flexibility index (Phi) is 2.13. The van der Waals surface area contributed by atoms with Gasteiger partial charge in [-0.25, -0.2) is 0 Å². The van der Waals surface area contributed by atoms with Gasteiger partial charge >= 0.3 is 0 Å². The van der Waals surface area contributed by atoms with Gasteiger partial charge in [0.25, 0.3) is 0 Å². The lowest BCUT2D eigenvalue weighted by Crippen LogP contribution is -2.08. The molecular formula is C4H6Br2O. The maximum absolute atomic E-state index is 5.08. The van der Waals surface area contributed by atoms with E-state index in [1.165, 1.54) is 0 Å². The second kappa shape index (κ2) is 2.46. The second-order valence-corrected chi connectivity index (χ2v) is 3.92. The van der Waals surface area contributed by atoms with Gasteiger partial charge < -0.3 is 4.74 Å². The number of rotatable bonds is 0. The molecule has 1 saturated heterocycles. The van der Waals surface area contributed by atoms with Crippen molar-refractivity contribution >= 4 is 31.9 Å². The van der Waals surface area contributed by atoms with E-state index >= 15 is 0 Å². The highest BCUT2D eigenvalue weighted by Crippen LogP contribution is 2.20. The van der Waals surface area contributed by atoms with Crippen LogP contribution in [0.3, 0.4) is 0 Å². The molecule has 42 valence electrons. The van der Waals surface area contributed by atoms with Crippen LogP contribution in [0.1, 0.15) is 0 Å². The summed E-state index contributed by atoms with van der Waals surface area (Å²) in [5, 5.41) is 0. The van der Waals surface area contributed by atoms with E-state index < -0.39 is 0 Å². The fraction of sp³-hybridized carbons (Fsp3) is 1.00. The summed E-state index contributed by atoms with van der Waals surface area (Å²) in [6.07, 6.45) is 0. The molecular weight excluding hydrogens is 224 g/mol. The lowest BCUT2D eigenvalue weighted by atomic mass is 10.4. The summed E-state index contributed by atoms with van der Waals surface area (Å²) in [6.45, 7) is 1.69. The Morgan fingerprint density at radius 3 is 1.71 bits per heavy atom. The van der Waals surface area contributed by atoms with Crippen LogP contribution in [0.4, 0.5) is 0 Å². The minimum absolute atomic E-state index is 0.521. The first-order valence-electron chi connectivity index (χ1n) is 2.16. The molecule has 1 fully saturated rings. The van der Waals surface area contributed by atoms with Crippen molar-refractivity contribution in [2.24, 2.45) is 0 Å². The Morgan fingerprint density at radius 2 is 1.57 bits per heavy atom. The van der Waals surface area contributed by atoms with Crippen molar-refractivity contribution in [3.8, 4) is 0 Å². The van der Waals surface area contributed by atoms with Gasteiger partial charge in [-0.3, -0.25) is 0 Å². The van der Waals surface area contributed by atoms with Crippen LogP contribution >= 0.6 is 31.9 Å². The summed E-state index contributed by atoms with van der Waals surface area (Å²) < 4.78 is 5.08. The first-order chi connectivity index (χ1) is 3.30. The van der Waals surface area contributed by atoms with Crippen molar-refractivity contribution in [1.29, 1.82) is 0 Å². The predicted octanol–water partition coefficient (Wildman–Crippen LogP) is 1.54. The van der Waals surface area contributed by atoms with Gasteiger partial charge in [0.2, 0.25) is 0 Å². The van der Waals surface area contributed by atoms with Crippen molar-refractivity contribution in [2.75, 3.05) is 13.2 Å². The highest BCUT2D eigenvalue weighted by atomic mass is 79.9. The van der Waals surface area contributed by atoms with Crippen LogP contribution in [0.25, 0.3) is 0 Å². The maximum atomic E-state index is 5.08. The van der Waals surface area contributed by atoms with Gasteiger partial charge in [-0.1, -0.05) is 31.9 Å². The number of ether oxygens (including phenoxy) is 1. The van der Waals surface area contributed by atoms with E-state index in [4.69, 9.17) is 4.74 Å². The summed E-state index contributed by atoms with van der Waals surface area (Å²) in [4.78, 5) is 1.04. The Balaban J connectivity index is 2.33. The lowest BCUT2D eigenvalue weighted by molar-refractivity contribution is 0.201. The molecule has 1 aliphatic rings. The molecule has 0 aliphatic carbocycles. The highest BCUT2D eigenvalue weighted by Gasteiger charge is 2.22. The molecule has 0 N–H and O–H groups in total. The summed E-state index contributed by atoms with van der Waals surface area (Å²) in [6, 6.07) is 0. The van der Waals surface area contributed by atoms with E-state index in [1.807, 2.05) is 0 Å². The quantitative estimate of drug-likeness (QED) is 0.573. The zero-order chi connectivity index (χ0) is 5.28. The number of hydrogen-bond acceptors (Lipinski definition) is 1. The molecule has 7 heavy (non-hydrogen) atoms. The van der Waals surface area contributed by atoms with E-state index in [-0.39, 0.29) is 0 Å². The molecule has 1 aliphatic heterocycles. The SMILES string of the molecule is Br[C@H]1COC[C@@H]1Br. The molecule has 0 radical (unpaired) electrons. The average molecular weight is 230 g/mol. The van der Waals surface area contributed by atoms with Crippen molar-refractivity contribution in [3.05, 3.63) is 0 Å². The second-order valence-electron chi connectivity index (χ2n) is 1.57. The van der Waals surface area contributed by atoms with Gasteiger partial charge in [-0.15, -0.1) is 0 Å². The molecule has 0 aromatic rings. The molecule has 0 saturated carbocycles. The number of halogens is 2. The third-order valence-electron chi connectivity index (χ3n) is 0.947. The highest BCUT2D eigenvalue weighted by molar-refractivity contribution is 9.12. The summed E-state index contributed by atoms with van der Waals surface area (Å²) in [5.41, 5.74) is 0. The average Bonchev–Trinajstić information content (AvgIpc) is 1.91. The van der Waals surface area contributed by atoms with Crippen LogP contribution in [0.5, 0.6) is 0 Å². The van der Waals surface area contributed by atoms with Gasteiger partial charge in [-0.05, 0) is 0 Å². The molecule has 0 amide bonds. The summed E-state index contributed by atoms with van der Waals surface area (Å²) in [7, 11) is 0. The normalized spacial score (nSPS) is 42.0. The van der Waals surface area contributed by atoms with Gasteiger partial charge in [0.05, 0.1) is 22.9 Å². The molecule has 0 unspecified atom stereocenters. The molecule has 0 spiro atoms. The predicted molar refractivity (Wildman–Crippen MR) is 36.2 cm³/mol. The van der Waals surface area contributed by atoms with Crippen molar-refractivity contribution in [2.45, 2.75) is 9.65 Å². The molecule has 1 rings (SSSR count). The van der Waals surface area contributed by atoms with Gasteiger partial charge in [0.15, 0.2) is 0 Å². The van der Waals surface area contributed by atoms with E-state index in [1.54, 1.807) is 0 Å². The summed E-state index contributed by atoms with van der Waals surface area (Å²) in [5.74, 6) is 0. The van der Waals surface area contributed by atoms with Crippen LogP contribution in [0, 0.1) is 0 Å². The van der Waals surface area contributed by atoms with Crippen molar-refractivity contribution < 1.29 is 4.74 Å². The Labute approximate surface area is 59.7 Å². The molecule has 0 aromatic heterocycles. The van der Waals surface area contributed by atoms with E-state index in [0.717, 1.165) is 13.2 Å². The molecule has 0 bridgehead atoms. The van der Waals surface area contributed by atoms with Crippen LogP contribution in [-0.4, -0.2) is 22.9 Å². The fourth-order valence-corrected chi connectivity index (χ4v) is 1.18. The molecule has 2 atom stereocenters. The lowest BCUT2D eigenvalue weighted by Gasteiger charge is -1.97. The minimum atomic E-state index is 0.521. The Morgan fingerprint density at radius 1 is 1.14 bits per heavy atom. The minimum Gasteiger partial charge on any atom is -0.379 e. The smallest absolute Gasteiger partial charge is 0.0603 e. The van der Waals surface area contributed by atoms with Gasteiger partial charge in [0, 0.05) is 0 Å². The molecule has 1 heterocycles. The zero-order valence-electron chi connectivity index (χ0n) is 3.73. The van der Waals surface area contributed by atoms with Crippen LogP contribution in [0.15, 0.2) is 0 Å². The van der Waals surface area contributed by atoms with Crippen molar-refractivity contribution in [1.82, 2.24) is 0 Å². The fourth-order valence-electron chi connectivity index (χ4n) is 0.502. The summed E-state index contributed by atoms with van der Waals surface area (Å²) >= 11 is 6.86. The monoisotopic (exact) mass is 228 g/mol. The molecule has 1 nitrogen and oxygen atoms in total. The van der Waals surface area contributed by atoms with E-state index in [0.29, 0.717) is 9.65 Å². The molecule has 0 aromatic carbocycles. The first-order valence-corrected chi connectivity index (χ1v) is 3.99. The Hall–Kier alpha value is 0.920. The van der Waals surface area contributed by atoms with Crippen LogP contribution in [-0.2, 0) is 4.74 Å². The van der Waals surface area contributed by atoms with E-state index in [9.17, 15) is 0 Å². The maximum Gasteiger partial charge on any atom is 0.0603 e. The standard InChI is InChI=1S/C4H6Br2O/c5-3-1-7-2-4(3)6/h3-4H,1-2H2/t3-,4-/m0/s1. The van der Waals surface area contributed by atoms with E-state index in [2.05, 4.69) is 31.9 Å². The first kappa shape index (κ1) is 6.05. The van der Waals surface area contributed by atoms with Crippen LogP contribution < -0.4 is 0 Å². The Bertz CT molecular complexity index is 58.7. The number of hydrogen-bond donors (Lipinski definition) is 0. The van der Waals surface area contributed by atoms with Gasteiger partial charge in [-0.2, -0.15) is 0 Å². The number of alkyl halides is 2.